The first-order valence-electron chi connectivity index (χ1n) is 7.23. The molecule has 0 saturated heterocycles. The SMILES string of the molecule is Cc1cccc(NCC(=O)NN=Cc2ccc3c(c2)OCO3)c1. The van der Waals surface area contributed by atoms with Crippen LogP contribution in [0.5, 0.6) is 11.5 Å². The van der Waals surface area contributed by atoms with E-state index in [9.17, 15) is 4.79 Å². The number of carbonyl (C=O) groups is 1. The lowest BCUT2D eigenvalue weighted by atomic mass is 10.2. The van der Waals surface area contributed by atoms with Gasteiger partial charge < -0.3 is 14.8 Å². The summed E-state index contributed by atoms with van der Waals surface area (Å²) >= 11 is 0. The number of fused-ring (bicyclic) bond motifs is 1. The number of hydrazone groups is 1. The number of aryl methyl sites for hydroxylation is 1. The summed E-state index contributed by atoms with van der Waals surface area (Å²) in [4.78, 5) is 11.7. The smallest absolute Gasteiger partial charge is 0.259 e. The minimum Gasteiger partial charge on any atom is -0.454 e. The largest absolute Gasteiger partial charge is 0.454 e. The van der Waals surface area contributed by atoms with E-state index in [2.05, 4.69) is 15.8 Å². The number of nitrogens with zero attached hydrogens (tertiary/aromatic N) is 1. The molecule has 0 radical (unpaired) electrons. The Balaban J connectivity index is 1.48. The molecular formula is C17H17N3O3. The second-order valence-electron chi connectivity index (χ2n) is 5.13. The predicted molar refractivity (Wildman–Crippen MR) is 88.0 cm³/mol. The zero-order valence-electron chi connectivity index (χ0n) is 12.7. The number of hydrogen-bond acceptors (Lipinski definition) is 5. The van der Waals surface area contributed by atoms with E-state index in [1.165, 1.54) is 0 Å². The third kappa shape index (κ3) is 4.00. The molecule has 2 aromatic rings. The molecule has 0 fully saturated rings. The fourth-order valence-electron chi connectivity index (χ4n) is 2.15. The molecular weight excluding hydrogens is 294 g/mol. The summed E-state index contributed by atoms with van der Waals surface area (Å²) in [5, 5.41) is 6.98. The van der Waals surface area contributed by atoms with E-state index in [4.69, 9.17) is 9.47 Å². The molecule has 0 aromatic heterocycles. The van der Waals surface area contributed by atoms with E-state index < -0.39 is 0 Å². The second-order valence-corrected chi connectivity index (χ2v) is 5.13. The monoisotopic (exact) mass is 311 g/mol. The number of anilines is 1. The van der Waals surface area contributed by atoms with Crippen LogP contribution in [0.15, 0.2) is 47.6 Å². The topological polar surface area (TPSA) is 72.0 Å². The quantitative estimate of drug-likeness (QED) is 0.656. The highest BCUT2D eigenvalue weighted by atomic mass is 16.7. The molecule has 1 amide bonds. The van der Waals surface area contributed by atoms with E-state index in [0.29, 0.717) is 11.5 Å². The van der Waals surface area contributed by atoms with Gasteiger partial charge >= 0.3 is 0 Å². The van der Waals surface area contributed by atoms with Crippen LogP contribution in [0.2, 0.25) is 0 Å². The maximum atomic E-state index is 11.7. The van der Waals surface area contributed by atoms with Crippen LogP contribution in [-0.4, -0.2) is 25.5 Å². The van der Waals surface area contributed by atoms with E-state index >= 15 is 0 Å². The van der Waals surface area contributed by atoms with Crippen molar-refractivity contribution >= 4 is 17.8 Å². The molecule has 23 heavy (non-hydrogen) atoms. The molecule has 2 aromatic carbocycles. The molecule has 118 valence electrons. The van der Waals surface area contributed by atoms with Crippen LogP contribution in [0, 0.1) is 6.92 Å². The zero-order chi connectivity index (χ0) is 16.1. The summed E-state index contributed by atoms with van der Waals surface area (Å²) in [6.45, 7) is 2.39. The first-order valence-corrected chi connectivity index (χ1v) is 7.23. The fourth-order valence-corrected chi connectivity index (χ4v) is 2.15. The van der Waals surface area contributed by atoms with E-state index in [1.54, 1.807) is 6.21 Å². The summed E-state index contributed by atoms with van der Waals surface area (Å²) in [6.07, 6.45) is 1.56. The van der Waals surface area contributed by atoms with Crippen molar-refractivity contribution in [1.29, 1.82) is 0 Å². The molecule has 2 N–H and O–H groups in total. The maximum absolute atomic E-state index is 11.7. The Hall–Kier alpha value is -3.02. The predicted octanol–water partition coefficient (Wildman–Crippen LogP) is 2.29. The molecule has 0 aliphatic carbocycles. The Kier molecular flexibility index (Phi) is 4.42. The molecule has 0 saturated carbocycles. The average molecular weight is 311 g/mol. The van der Waals surface area contributed by atoms with Crippen LogP contribution in [0.4, 0.5) is 5.69 Å². The number of hydrogen-bond donors (Lipinski definition) is 2. The van der Waals surface area contributed by atoms with Gasteiger partial charge in [-0.15, -0.1) is 0 Å². The number of nitrogens with one attached hydrogen (secondary N) is 2. The van der Waals surface area contributed by atoms with Gasteiger partial charge in [-0.3, -0.25) is 4.79 Å². The molecule has 0 unspecified atom stereocenters. The number of carbonyl (C=O) groups excluding carboxylic acids is 1. The van der Waals surface area contributed by atoms with Gasteiger partial charge in [-0.1, -0.05) is 12.1 Å². The number of rotatable bonds is 5. The van der Waals surface area contributed by atoms with Crippen molar-refractivity contribution < 1.29 is 14.3 Å². The Bertz CT molecular complexity index is 744. The average Bonchev–Trinajstić information content (AvgIpc) is 3.01. The third-order valence-corrected chi connectivity index (χ3v) is 3.27. The van der Waals surface area contributed by atoms with Crippen molar-refractivity contribution in [3.8, 4) is 11.5 Å². The van der Waals surface area contributed by atoms with Crippen molar-refractivity contribution in [2.75, 3.05) is 18.7 Å². The number of ether oxygens (including phenoxy) is 2. The van der Waals surface area contributed by atoms with Crippen molar-refractivity contribution in [3.63, 3.8) is 0 Å². The van der Waals surface area contributed by atoms with Crippen molar-refractivity contribution in [2.45, 2.75) is 6.92 Å². The lowest BCUT2D eigenvalue weighted by Gasteiger charge is -2.05. The summed E-state index contributed by atoms with van der Waals surface area (Å²) in [7, 11) is 0. The molecule has 6 nitrogen and oxygen atoms in total. The Morgan fingerprint density at radius 2 is 2.09 bits per heavy atom. The first kappa shape index (κ1) is 14.9. The summed E-state index contributed by atoms with van der Waals surface area (Å²) in [6, 6.07) is 13.3. The van der Waals surface area contributed by atoms with Crippen LogP contribution < -0.4 is 20.2 Å². The normalized spacial score (nSPS) is 12.4. The van der Waals surface area contributed by atoms with Gasteiger partial charge in [0.15, 0.2) is 11.5 Å². The van der Waals surface area contributed by atoms with E-state index in [1.807, 2.05) is 49.4 Å². The Morgan fingerprint density at radius 1 is 1.22 bits per heavy atom. The second kappa shape index (κ2) is 6.83. The van der Waals surface area contributed by atoms with Crippen LogP contribution in [0.25, 0.3) is 0 Å². The highest BCUT2D eigenvalue weighted by Gasteiger charge is 2.12. The molecule has 1 aliphatic heterocycles. The minimum atomic E-state index is -0.219. The number of benzene rings is 2. The van der Waals surface area contributed by atoms with Gasteiger partial charge in [-0.25, -0.2) is 5.43 Å². The molecule has 0 bridgehead atoms. The fraction of sp³-hybridized carbons (Fsp3) is 0.176. The van der Waals surface area contributed by atoms with Crippen LogP contribution in [-0.2, 0) is 4.79 Å². The zero-order valence-corrected chi connectivity index (χ0v) is 12.7. The first-order chi connectivity index (χ1) is 11.2. The summed E-state index contributed by atoms with van der Waals surface area (Å²) < 4.78 is 10.5. The summed E-state index contributed by atoms with van der Waals surface area (Å²) in [5.74, 6) is 1.18. The van der Waals surface area contributed by atoms with Gasteiger partial charge in [-0.05, 0) is 48.4 Å². The lowest BCUT2D eigenvalue weighted by molar-refractivity contribution is -0.119. The van der Waals surface area contributed by atoms with Crippen LogP contribution >= 0.6 is 0 Å². The van der Waals surface area contributed by atoms with Gasteiger partial charge in [0.2, 0.25) is 6.79 Å². The van der Waals surface area contributed by atoms with Gasteiger partial charge in [0.1, 0.15) is 0 Å². The minimum absolute atomic E-state index is 0.155. The highest BCUT2D eigenvalue weighted by molar-refractivity contribution is 5.84. The van der Waals surface area contributed by atoms with Crippen molar-refractivity contribution in [2.24, 2.45) is 5.10 Å². The molecule has 1 heterocycles. The molecule has 6 heteroatoms. The van der Waals surface area contributed by atoms with Crippen LogP contribution in [0.3, 0.4) is 0 Å². The van der Waals surface area contributed by atoms with Crippen molar-refractivity contribution in [1.82, 2.24) is 5.43 Å². The number of amides is 1. The van der Waals surface area contributed by atoms with Gasteiger partial charge in [0.05, 0.1) is 12.8 Å². The standard InChI is InChI=1S/C17H17N3O3/c1-12-3-2-4-14(7-12)18-10-17(21)20-19-9-13-5-6-15-16(8-13)23-11-22-15/h2-9,18H,10-11H2,1H3,(H,20,21). The van der Waals surface area contributed by atoms with Crippen LogP contribution in [0.1, 0.15) is 11.1 Å². The summed E-state index contributed by atoms with van der Waals surface area (Å²) in [5.41, 5.74) is 5.34. The van der Waals surface area contributed by atoms with E-state index in [0.717, 1.165) is 16.8 Å². The molecule has 0 spiro atoms. The molecule has 0 atom stereocenters. The van der Waals surface area contributed by atoms with Crippen molar-refractivity contribution in [3.05, 3.63) is 53.6 Å². The van der Waals surface area contributed by atoms with E-state index in [-0.39, 0.29) is 19.2 Å². The third-order valence-electron chi connectivity index (χ3n) is 3.27. The maximum Gasteiger partial charge on any atom is 0.259 e. The molecule has 1 aliphatic rings. The lowest BCUT2D eigenvalue weighted by Crippen LogP contribution is -2.25. The Labute approximate surface area is 134 Å². The van der Waals surface area contributed by atoms with Gasteiger partial charge in [-0.2, -0.15) is 5.10 Å². The van der Waals surface area contributed by atoms with Gasteiger partial charge in [0.25, 0.3) is 5.91 Å². The highest BCUT2D eigenvalue weighted by Crippen LogP contribution is 2.31. The Morgan fingerprint density at radius 3 is 2.96 bits per heavy atom. The van der Waals surface area contributed by atoms with Gasteiger partial charge in [0, 0.05) is 5.69 Å². The molecule has 3 rings (SSSR count).